The fraction of sp³-hybridized carbons (Fsp3) is 0.105. The summed E-state index contributed by atoms with van der Waals surface area (Å²) in [6, 6.07) is 12.2. The van der Waals surface area contributed by atoms with E-state index in [-0.39, 0.29) is 5.82 Å². The van der Waals surface area contributed by atoms with Gasteiger partial charge in [0.1, 0.15) is 10.8 Å². The number of nitrogens with two attached hydrogens (primary N) is 1. The minimum absolute atomic E-state index is 0.273. The second-order valence-corrected chi connectivity index (χ2v) is 6.91. The Morgan fingerprint density at radius 3 is 2.54 bits per heavy atom. The Morgan fingerprint density at radius 1 is 1.04 bits per heavy atom. The van der Waals surface area contributed by atoms with Crippen molar-refractivity contribution in [2.24, 2.45) is 0 Å². The quantitative estimate of drug-likeness (QED) is 0.584. The number of hydrogen-bond acceptors (Lipinski definition) is 5. The van der Waals surface area contributed by atoms with E-state index in [0.29, 0.717) is 16.5 Å². The average Bonchev–Trinajstić information content (AvgIpc) is 3.25. The van der Waals surface area contributed by atoms with E-state index in [1.54, 1.807) is 16.8 Å². The van der Waals surface area contributed by atoms with Crippen LogP contribution in [0.3, 0.4) is 0 Å². The van der Waals surface area contributed by atoms with Crippen LogP contribution in [0.5, 0.6) is 0 Å². The van der Waals surface area contributed by atoms with Crippen molar-refractivity contribution < 1.29 is 4.39 Å². The van der Waals surface area contributed by atoms with Gasteiger partial charge in [0.25, 0.3) is 0 Å². The highest BCUT2D eigenvalue weighted by Gasteiger charge is 2.17. The number of aromatic nitrogens is 4. The number of rotatable bonds is 3. The van der Waals surface area contributed by atoms with Gasteiger partial charge < -0.3 is 5.73 Å². The molecule has 0 atom stereocenters. The van der Waals surface area contributed by atoms with Crippen molar-refractivity contribution in [3.8, 4) is 27.6 Å². The van der Waals surface area contributed by atoms with Crippen LogP contribution in [0, 0.1) is 19.7 Å². The average molecular weight is 365 g/mol. The molecule has 2 heterocycles. The first-order chi connectivity index (χ1) is 12.5. The topological polar surface area (TPSA) is 69.6 Å². The minimum Gasteiger partial charge on any atom is -0.382 e. The number of hydrogen-bond donors (Lipinski definition) is 1. The number of aryl methyl sites for hydroxylation is 2. The van der Waals surface area contributed by atoms with Crippen LogP contribution in [0.4, 0.5) is 10.2 Å². The zero-order valence-corrected chi connectivity index (χ0v) is 15.1. The maximum atomic E-state index is 13.1. The lowest BCUT2D eigenvalue weighted by Crippen LogP contribution is -2.03. The molecular weight excluding hydrogens is 349 g/mol. The van der Waals surface area contributed by atoms with Crippen molar-refractivity contribution in [1.82, 2.24) is 20.0 Å². The van der Waals surface area contributed by atoms with Crippen LogP contribution < -0.4 is 5.73 Å². The summed E-state index contributed by atoms with van der Waals surface area (Å²) in [5, 5.41) is 11.0. The highest BCUT2D eigenvalue weighted by atomic mass is 32.1. The number of nitrogens with zero attached hydrogens (tertiary/aromatic N) is 4. The summed E-state index contributed by atoms with van der Waals surface area (Å²) in [5.41, 5.74) is 11.6. The van der Waals surface area contributed by atoms with E-state index >= 15 is 0 Å². The summed E-state index contributed by atoms with van der Waals surface area (Å²) in [7, 11) is 0. The highest BCUT2D eigenvalue weighted by Crippen LogP contribution is 2.31. The third kappa shape index (κ3) is 2.86. The van der Waals surface area contributed by atoms with Gasteiger partial charge >= 0.3 is 0 Å². The monoisotopic (exact) mass is 365 g/mol. The van der Waals surface area contributed by atoms with Gasteiger partial charge in [0, 0.05) is 10.9 Å². The second kappa shape index (κ2) is 6.34. The SMILES string of the molecule is Cc1ccc(-n2nnc(-c3nc(-c4ccc(F)cc4)cs3)c2N)cc1C. The van der Waals surface area contributed by atoms with Crippen molar-refractivity contribution >= 4 is 17.2 Å². The third-order valence-corrected chi connectivity index (χ3v) is 5.14. The summed E-state index contributed by atoms with van der Waals surface area (Å²) in [6.45, 7) is 4.10. The van der Waals surface area contributed by atoms with Crippen LogP contribution in [-0.2, 0) is 0 Å². The van der Waals surface area contributed by atoms with E-state index in [4.69, 9.17) is 5.73 Å². The molecule has 0 spiro atoms. The molecule has 5 nitrogen and oxygen atoms in total. The Labute approximate surface area is 153 Å². The van der Waals surface area contributed by atoms with Crippen LogP contribution in [0.2, 0.25) is 0 Å². The molecule has 4 aromatic rings. The first kappa shape index (κ1) is 16.4. The standard InChI is InChI=1S/C19H16FN5S/c1-11-3-8-15(9-12(11)2)25-18(21)17(23-24-25)19-22-16(10-26-19)13-4-6-14(20)7-5-13/h3-10H,21H2,1-2H3. The minimum atomic E-state index is -0.273. The fourth-order valence-corrected chi connectivity index (χ4v) is 3.45. The molecule has 0 aliphatic carbocycles. The lowest BCUT2D eigenvalue weighted by Gasteiger charge is -2.06. The molecular formula is C19H16FN5S. The van der Waals surface area contributed by atoms with Gasteiger partial charge in [-0.1, -0.05) is 11.3 Å². The molecule has 7 heteroatoms. The molecule has 0 saturated heterocycles. The van der Waals surface area contributed by atoms with Crippen molar-refractivity contribution in [2.75, 3.05) is 5.73 Å². The van der Waals surface area contributed by atoms with E-state index in [9.17, 15) is 4.39 Å². The smallest absolute Gasteiger partial charge is 0.165 e. The normalized spacial score (nSPS) is 11.0. The van der Waals surface area contributed by atoms with Gasteiger partial charge in [-0.2, -0.15) is 4.68 Å². The Kier molecular flexibility index (Phi) is 4.00. The molecule has 0 aliphatic heterocycles. The number of anilines is 1. The summed E-state index contributed by atoms with van der Waals surface area (Å²) >= 11 is 1.43. The van der Waals surface area contributed by atoms with E-state index < -0.39 is 0 Å². The van der Waals surface area contributed by atoms with Crippen molar-refractivity contribution in [1.29, 1.82) is 0 Å². The predicted octanol–water partition coefficient (Wildman–Crippen LogP) is 4.40. The predicted molar refractivity (Wildman–Crippen MR) is 102 cm³/mol. The molecule has 0 bridgehead atoms. The second-order valence-electron chi connectivity index (χ2n) is 6.05. The maximum Gasteiger partial charge on any atom is 0.165 e. The van der Waals surface area contributed by atoms with Crippen LogP contribution in [0.25, 0.3) is 27.6 Å². The van der Waals surface area contributed by atoms with Crippen LogP contribution in [-0.4, -0.2) is 20.0 Å². The van der Waals surface area contributed by atoms with Gasteiger partial charge in [0.15, 0.2) is 11.5 Å². The zero-order valence-electron chi connectivity index (χ0n) is 14.3. The Bertz CT molecular complexity index is 1080. The van der Waals surface area contributed by atoms with E-state index in [2.05, 4.69) is 22.2 Å². The Balaban J connectivity index is 1.70. The van der Waals surface area contributed by atoms with Crippen molar-refractivity contribution in [3.05, 3.63) is 64.8 Å². The van der Waals surface area contributed by atoms with E-state index in [0.717, 1.165) is 22.5 Å². The Hall–Kier alpha value is -3.06. The fourth-order valence-electron chi connectivity index (χ4n) is 2.63. The third-order valence-electron chi connectivity index (χ3n) is 4.29. The molecule has 0 amide bonds. The summed E-state index contributed by atoms with van der Waals surface area (Å²) < 4.78 is 14.7. The van der Waals surface area contributed by atoms with E-state index in [1.165, 1.54) is 29.0 Å². The highest BCUT2D eigenvalue weighted by molar-refractivity contribution is 7.13. The van der Waals surface area contributed by atoms with Gasteiger partial charge in [0.2, 0.25) is 0 Å². The van der Waals surface area contributed by atoms with Gasteiger partial charge in [-0.25, -0.2) is 9.37 Å². The number of thiazole rings is 1. The lowest BCUT2D eigenvalue weighted by atomic mass is 10.1. The van der Waals surface area contributed by atoms with Gasteiger partial charge in [-0.15, -0.1) is 16.4 Å². The molecule has 0 aliphatic rings. The Morgan fingerprint density at radius 2 is 1.81 bits per heavy atom. The van der Waals surface area contributed by atoms with Gasteiger partial charge in [-0.05, 0) is 61.4 Å². The summed E-state index contributed by atoms with van der Waals surface area (Å²) in [6.07, 6.45) is 0. The summed E-state index contributed by atoms with van der Waals surface area (Å²) in [4.78, 5) is 4.58. The maximum absolute atomic E-state index is 13.1. The van der Waals surface area contributed by atoms with Crippen LogP contribution in [0.1, 0.15) is 11.1 Å². The van der Waals surface area contributed by atoms with Crippen LogP contribution in [0.15, 0.2) is 47.8 Å². The molecule has 0 saturated carbocycles. The largest absolute Gasteiger partial charge is 0.382 e. The molecule has 0 radical (unpaired) electrons. The first-order valence-electron chi connectivity index (χ1n) is 8.03. The van der Waals surface area contributed by atoms with Crippen molar-refractivity contribution in [2.45, 2.75) is 13.8 Å². The van der Waals surface area contributed by atoms with E-state index in [1.807, 2.05) is 30.5 Å². The molecule has 26 heavy (non-hydrogen) atoms. The molecule has 130 valence electrons. The molecule has 0 fully saturated rings. The number of halogens is 1. The summed E-state index contributed by atoms with van der Waals surface area (Å²) in [5.74, 6) is 0.165. The van der Waals surface area contributed by atoms with Crippen molar-refractivity contribution in [3.63, 3.8) is 0 Å². The molecule has 2 N–H and O–H groups in total. The molecule has 2 aromatic heterocycles. The van der Waals surface area contributed by atoms with Gasteiger partial charge in [-0.3, -0.25) is 0 Å². The molecule has 0 unspecified atom stereocenters. The number of benzene rings is 2. The lowest BCUT2D eigenvalue weighted by molar-refractivity contribution is 0.628. The number of nitrogen functional groups attached to an aromatic ring is 1. The first-order valence-corrected chi connectivity index (χ1v) is 8.91. The van der Waals surface area contributed by atoms with Gasteiger partial charge in [0.05, 0.1) is 11.4 Å². The zero-order chi connectivity index (χ0) is 18.3. The molecule has 4 rings (SSSR count). The van der Waals surface area contributed by atoms with Crippen LogP contribution >= 0.6 is 11.3 Å². The molecule has 2 aromatic carbocycles.